The lowest BCUT2D eigenvalue weighted by molar-refractivity contribution is 0.178. The first kappa shape index (κ1) is 17.2. The van der Waals surface area contributed by atoms with E-state index in [1.165, 1.54) is 12.0 Å². The van der Waals surface area contributed by atoms with Crippen LogP contribution in [-0.2, 0) is 0 Å². The summed E-state index contributed by atoms with van der Waals surface area (Å²) in [7, 11) is 0. The Hall–Kier alpha value is -2.27. The Morgan fingerprint density at radius 2 is 2.00 bits per heavy atom. The average Bonchev–Trinajstić information content (AvgIpc) is 2.68. The molecule has 26 heavy (non-hydrogen) atoms. The molecular weight excluding hydrogens is 324 g/mol. The van der Waals surface area contributed by atoms with Gasteiger partial charge in [0.2, 0.25) is 0 Å². The van der Waals surface area contributed by atoms with Gasteiger partial charge < -0.3 is 15.0 Å². The van der Waals surface area contributed by atoms with E-state index >= 15 is 0 Å². The van der Waals surface area contributed by atoms with Crippen LogP contribution in [0.2, 0.25) is 0 Å². The second kappa shape index (κ2) is 7.96. The molecule has 0 spiro atoms. The van der Waals surface area contributed by atoms with Crippen LogP contribution >= 0.6 is 0 Å². The minimum absolute atomic E-state index is 0.280. The third-order valence-corrected chi connectivity index (χ3v) is 5.30. The van der Waals surface area contributed by atoms with Crippen molar-refractivity contribution in [2.75, 3.05) is 49.5 Å². The molecular formula is C21H28N4O. The third-order valence-electron chi connectivity index (χ3n) is 5.30. The molecule has 2 aliphatic rings. The van der Waals surface area contributed by atoms with Crippen molar-refractivity contribution >= 4 is 11.5 Å². The molecule has 2 aromatic rings. The van der Waals surface area contributed by atoms with Crippen molar-refractivity contribution in [1.82, 2.24) is 9.88 Å². The molecule has 1 N–H and O–H groups in total. The maximum Gasteiger partial charge on any atom is 0.142 e. The predicted molar refractivity (Wildman–Crippen MR) is 106 cm³/mol. The lowest BCUT2D eigenvalue weighted by atomic mass is 10.1. The molecule has 1 saturated heterocycles. The number of pyridine rings is 1. The Kier molecular flexibility index (Phi) is 5.25. The zero-order valence-electron chi connectivity index (χ0n) is 15.5. The van der Waals surface area contributed by atoms with E-state index in [9.17, 15) is 0 Å². The number of ether oxygens (including phenoxy) is 1. The van der Waals surface area contributed by atoms with E-state index in [4.69, 9.17) is 4.74 Å². The number of nitrogens with zero attached hydrogens (tertiary/aromatic N) is 3. The van der Waals surface area contributed by atoms with Crippen LogP contribution in [0, 0.1) is 6.92 Å². The van der Waals surface area contributed by atoms with E-state index in [-0.39, 0.29) is 6.10 Å². The van der Waals surface area contributed by atoms with Crippen molar-refractivity contribution in [1.29, 1.82) is 0 Å². The van der Waals surface area contributed by atoms with E-state index in [1.807, 2.05) is 24.4 Å². The largest absolute Gasteiger partial charge is 0.486 e. The first-order valence-electron chi connectivity index (χ1n) is 9.67. The fourth-order valence-corrected chi connectivity index (χ4v) is 3.76. The minimum Gasteiger partial charge on any atom is -0.486 e. The Bertz CT molecular complexity index is 727. The van der Waals surface area contributed by atoms with Crippen molar-refractivity contribution in [2.45, 2.75) is 25.9 Å². The highest BCUT2D eigenvalue weighted by Crippen LogP contribution is 2.29. The van der Waals surface area contributed by atoms with Crippen LogP contribution in [0.4, 0.5) is 11.5 Å². The van der Waals surface area contributed by atoms with Gasteiger partial charge in [-0.15, -0.1) is 0 Å². The molecule has 0 aliphatic carbocycles. The van der Waals surface area contributed by atoms with Crippen LogP contribution in [-0.4, -0.2) is 55.3 Å². The Balaban J connectivity index is 1.19. The van der Waals surface area contributed by atoms with Crippen LogP contribution in [0.3, 0.4) is 0 Å². The molecule has 0 bridgehead atoms. The average molecular weight is 352 g/mol. The lowest BCUT2D eigenvalue weighted by Crippen LogP contribution is -2.47. The van der Waals surface area contributed by atoms with Gasteiger partial charge in [-0.05, 0) is 56.1 Å². The summed E-state index contributed by atoms with van der Waals surface area (Å²) in [6.07, 6.45) is 4.47. The van der Waals surface area contributed by atoms with Gasteiger partial charge in [-0.3, -0.25) is 4.90 Å². The normalized spacial score (nSPS) is 20.2. The number of para-hydroxylation sites is 2. The molecule has 138 valence electrons. The molecule has 1 fully saturated rings. The number of anilines is 2. The second-order valence-electron chi connectivity index (χ2n) is 7.28. The molecule has 1 unspecified atom stereocenters. The van der Waals surface area contributed by atoms with Crippen LogP contribution in [0.15, 0.2) is 42.6 Å². The summed E-state index contributed by atoms with van der Waals surface area (Å²) in [5, 5.41) is 3.48. The van der Waals surface area contributed by atoms with E-state index in [1.54, 1.807) is 0 Å². The maximum atomic E-state index is 6.11. The number of hydrogen-bond donors (Lipinski definition) is 1. The molecule has 5 heteroatoms. The Morgan fingerprint density at radius 3 is 2.85 bits per heavy atom. The van der Waals surface area contributed by atoms with Gasteiger partial charge in [0.05, 0.1) is 12.2 Å². The summed E-state index contributed by atoms with van der Waals surface area (Å²) in [6, 6.07) is 12.4. The zero-order chi connectivity index (χ0) is 17.8. The van der Waals surface area contributed by atoms with Crippen molar-refractivity contribution < 1.29 is 4.74 Å². The summed E-state index contributed by atoms with van der Waals surface area (Å²) in [6.45, 7) is 8.53. The second-order valence-corrected chi connectivity index (χ2v) is 7.28. The molecule has 1 aromatic heterocycles. The van der Waals surface area contributed by atoms with Gasteiger partial charge in [-0.25, -0.2) is 4.98 Å². The van der Waals surface area contributed by atoms with Crippen molar-refractivity contribution in [2.24, 2.45) is 0 Å². The smallest absolute Gasteiger partial charge is 0.142 e. The van der Waals surface area contributed by atoms with Crippen LogP contribution in [0.25, 0.3) is 0 Å². The summed E-state index contributed by atoms with van der Waals surface area (Å²) < 4.78 is 6.11. The Morgan fingerprint density at radius 1 is 1.15 bits per heavy atom. The van der Waals surface area contributed by atoms with Gasteiger partial charge in [-0.1, -0.05) is 12.1 Å². The number of fused-ring (bicyclic) bond motifs is 1. The quantitative estimate of drug-likeness (QED) is 0.895. The predicted octanol–water partition coefficient (Wildman–Crippen LogP) is 3.17. The highest BCUT2D eigenvalue weighted by atomic mass is 16.5. The number of benzene rings is 1. The van der Waals surface area contributed by atoms with Gasteiger partial charge in [-0.2, -0.15) is 0 Å². The van der Waals surface area contributed by atoms with Gasteiger partial charge in [0.15, 0.2) is 0 Å². The highest BCUT2D eigenvalue weighted by molar-refractivity contribution is 5.57. The topological polar surface area (TPSA) is 40.6 Å². The molecule has 5 nitrogen and oxygen atoms in total. The van der Waals surface area contributed by atoms with Crippen molar-refractivity contribution in [3.63, 3.8) is 0 Å². The number of rotatable bonds is 5. The molecule has 2 aliphatic heterocycles. The SMILES string of the molecule is Cc1ccnc(N2CCN(CCCC3CNc4ccccc4O3)CC2)c1. The minimum atomic E-state index is 0.280. The van der Waals surface area contributed by atoms with Crippen LogP contribution in [0.5, 0.6) is 5.75 Å². The molecule has 3 heterocycles. The van der Waals surface area contributed by atoms with Crippen molar-refractivity contribution in [3.05, 3.63) is 48.2 Å². The number of nitrogens with one attached hydrogen (secondary N) is 1. The molecule has 0 radical (unpaired) electrons. The first-order chi connectivity index (χ1) is 12.8. The summed E-state index contributed by atoms with van der Waals surface area (Å²) in [4.78, 5) is 9.48. The number of aromatic nitrogens is 1. The number of hydrogen-bond acceptors (Lipinski definition) is 5. The Labute approximate surface area is 156 Å². The summed E-state index contributed by atoms with van der Waals surface area (Å²) >= 11 is 0. The molecule has 1 aromatic carbocycles. The maximum absolute atomic E-state index is 6.11. The fourth-order valence-electron chi connectivity index (χ4n) is 3.76. The molecule has 1 atom stereocenters. The summed E-state index contributed by atoms with van der Waals surface area (Å²) in [5.74, 6) is 2.10. The van der Waals surface area contributed by atoms with Gasteiger partial charge in [0, 0.05) is 32.4 Å². The van der Waals surface area contributed by atoms with Gasteiger partial charge in [0.1, 0.15) is 17.7 Å². The third kappa shape index (κ3) is 4.10. The fraction of sp³-hybridized carbons (Fsp3) is 0.476. The first-order valence-corrected chi connectivity index (χ1v) is 9.67. The van der Waals surface area contributed by atoms with E-state index < -0.39 is 0 Å². The highest BCUT2D eigenvalue weighted by Gasteiger charge is 2.20. The number of piperazine rings is 1. The van der Waals surface area contributed by atoms with Crippen LogP contribution < -0.4 is 15.0 Å². The van der Waals surface area contributed by atoms with Crippen molar-refractivity contribution in [3.8, 4) is 5.75 Å². The standard InChI is InChI=1S/C21H28N4O/c1-17-8-9-22-21(15-17)25-13-11-24(12-14-25)10-4-5-18-16-23-19-6-2-3-7-20(19)26-18/h2-3,6-9,15,18,23H,4-5,10-14,16H2,1H3. The van der Waals surface area contributed by atoms with Crippen LogP contribution in [0.1, 0.15) is 18.4 Å². The molecule has 4 rings (SSSR count). The zero-order valence-corrected chi connectivity index (χ0v) is 15.5. The monoisotopic (exact) mass is 352 g/mol. The van der Waals surface area contributed by atoms with E-state index in [0.717, 1.165) is 62.9 Å². The van der Waals surface area contributed by atoms with E-state index in [2.05, 4.69) is 45.2 Å². The van der Waals surface area contributed by atoms with Gasteiger partial charge >= 0.3 is 0 Å². The van der Waals surface area contributed by atoms with Gasteiger partial charge in [0.25, 0.3) is 0 Å². The van der Waals surface area contributed by atoms with E-state index in [0.29, 0.717) is 0 Å². The lowest BCUT2D eigenvalue weighted by Gasteiger charge is -2.36. The summed E-state index contributed by atoms with van der Waals surface area (Å²) in [5.41, 5.74) is 2.39. The molecule has 0 amide bonds. The molecule has 0 saturated carbocycles. The number of aryl methyl sites for hydroxylation is 1.